The van der Waals surface area contributed by atoms with Crippen molar-refractivity contribution in [1.82, 2.24) is 4.98 Å². The van der Waals surface area contributed by atoms with Crippen molar-refractivity contribution in [3.63, 3.8) is 0 Å². The van der Waals surface area contributed by atoms with Gasteiger partial charge in [-0.15, -0.1) is 0 Å². The van der Waals surface area contributed by atoms with Gasteiger partial charge in [0.25, 0.3) is 0 Å². The molecule has 1 nitrogen and oxygen atoms in total. The Morgan fingerprint density at radius 2 is 1.41 bits per heavy atom. The van der Waals surface area contributed by atoms with Gasteiger partial charge >= 0.3 is 0 Å². The summed E-state index contributed by atoms with van der Waals surface area (Å²) in [5, 5.41) is 2.63. The monoisotopic (exact) mass is 345 g/mol. The molecule has 1 N–H and O–H groups in total. The first-order valence-corrected chi connectivity index (χ1v) is 9.56. The molecule has 128 valence electrons. The highest BCUT2D eigenvalue weighted by Crippen LogP contribution is 2.45. The van der Waals surface area contributed by atoms with Crippen LogP contribution in [0.2, 0.25) is 0 Å². The van der Waals surface area contributed by atoms with Crippen LogP contribution < -0.4 is 0 Å². The number of H-pyrrole nitrogens is 1. The molecule has 27 heavy (non-hydrogen) atoms. The summed E-state index contributed by atoms with van der Waals surface area (Å²) in [6, 6.07) is 33.2. The summed E-state index contributed by atoms with van der Waals surface area (Å²) in [5.41, 5.74) is 9.45. The minimum absolute atomic E-state index is 0.397. The van der Waals surface area contributed by atoms with E-state index >= 15 is 0 Å². The normalized spacial score (nSPS) is 15.6. The summed E-state index contributed by atoms with van der Waals surface area (Å²) < 4.78 is 0. The van der Waals surface area contributed by atoms with Gasteiger partial charge in [0, 0.05) is 27.7 Å². The molecule has 4 aromatic carbocycles. The van der Waals surface area contributed by atoms with Crippen molar-refractivity contribution in [1.29, 1.82) is 0 Å². The molecule has 0 fully saturated rings. The molecule has 1 aliphatic rings. The zero-order valence-electron chi connectivity index (χ0n) is 14.9. The second-order valence-electron chi connectivity index (χ2n) is 7.48. The minimum atomic E-state index is 0.397. The van der Waals surface area contributed by atoms with Crippen molar-refractivity contribution in [2.75, 3.05) is 0 Å². The summed E-state index contributed by atoms with van der Waals surface area (Å²) in [6.45, 7) is 0. The first-order chi connectivity index (χ1) is 13.4. The number of rotatable bonds is 1. The molecule has 6 rings (SSSR count). The number of para-hydroxylation sites is 1. The third-order valence-corrected chi connectivity index (χ3v) is 5.99. The van der Waals surface area contributed by atoms with E-state index in [1.165, 1.54) is 49.6 Å². The van der Waals surface area contributed by atoms with Gasteiger partial charge in [0.1, 0.15) is 0 Å². The molecule has 0 amide bonds. The first kappa shape index (κ1) is 14.8. The maximum absolute atomic E-state index is 3.61. The van der Waals surface area contributed by atoms with Gasteiger partial charge in [0.05, 0.1) is 0 Å². The number of aromatic nitrogens is 1. The van der Waals surface area contributed by atoms with E-state index in [9.17, 15) is 0 Å². The van der Waals surface area contributed by atoms with E-state index in [2.05, 4.69) is 96.0 Å². The van der Waals surface area contributed by atoms with E-state index in [1.807, 2.05) is 0 Å². The highest BCUT2D eigenvalue weighted by Gasteiger charge is 2.26. The fourth-order valence-electron chi connectivity index (χ4n) is 4.71. The summed E-state index contributed by atoms with van der Waals surface area (Å²) >= 11 is 0. The predicted molar refractivity (Wildman–Crippen MR) is 113 cm³/mol. The minimum Gasteiger partial charge on any atom is -0.354 e. The zero-order valence-corrected chi connectivity index (χ0v) is 14.9. The summed E-state index contributed by atoms with van der Waals surface area (Å²) in [6.07, 6.45) is 1.06. The van der Waals surface area contributed by atoms with E-state index in [1.54, 1.807) is 0 Å². The quantitative estimate of drug-likeness (QED) is 0.349. The lowest BCUT2D eigenvalue weighted by Gasteiger charge is -2.28. The standard InChI is InChI=1S/C26H19N/c1-2-8-17(9-3-1)21-14-18-10-4-5-11-19(18)23-16-26-24(15-22(21)23)20-12-6-7-13-25(20)27-26/h1-13,15-16,21,27H,14H2/t21-/m0/s1. The van der Waals surface area contributed by atoms with Gasteiger partial charge in [0.15, 0.2) is 0 Å². The van der Waals surface area contributed by atoms with Gasteiger partial charge in [-0.1, -0.05) is 72.8 Å². The molecule has 1 heterocycles. The smallest absolute Gasteiger partial charge is 0.0471 e. The van der Waals surface area contributed by atoms with Crippen molar-refractivity contribution in [3.05, 3.63) is 108 Å². The predicted octanol–water partition coefficient (Wildman–Crippen LogP) is 6.68. The number of hydrogen-bond acceptors (Lipinski definition) is 0. The molecule has 5 aromatic rings. The number of nitrogens with one attached hydrogen (secondary N) is 1. The van der Waals surface area contributed by atoms with E-state index in [4.69, 9.17) is 0 Å². The molecular weight excluding hydrogens is 326 g/mol. The van der Waals surface area contributed by atoms with Crippen molar-refractivity contribution < 1.29 is 0 Å². The fraction of sp³-hybridized carbons (Fsp3) is 0.0769. The Morgan fingerprint density at radius 1 is 0.630 bits per heavy atom. The van der Waals surface area contributed by atoms with Crippen LogP contribution in [0.15, 0.2) is 91.0 Å². The molecular formula is C26H19N. The van der Waals surface area contributed by atoms with Gasteiger partial charge in [-0.05, 0) is 52.4 Å². The summed E-state index contributed by atoms with van der Waals surface area (Å²) in [4.78, 5) is 3.61. The average molecular weight is 345 g/mol. The Bertz CT molecular complexity index is 1290. The van der Waals surface area contributed by atoms with Crippen LogP contribution in [0, 0.1) is 0 Å². The molecule has 0 spiro atoms. The van der Waals surface area contributed by atoms with E-state index in [0.29, 0.717) is 5.92 Å². The highest BCUT2D eigenvalue weighted by atomic mass is 14.7. The number of fused-ring (bicyclic) bond motifs is 6. The second-order valence-corrected chi connectivity index (χ2v) is 7.48. The lowest BCUT2D eigenvalue weighted by molar-refractivity contribution is 0.795. The Kier molecular flexibility index (Phi) is 3.06. The molecule has 0 unspecified atom stereocenters. The lowest BCUT2D eigenvalue weighted by atomic mass is 9.75. The fourth-order valence-corrected chi connectivity index (χ4v) is 4.71. The number of hydrogen-bond donors (Lipinski definition) is 1. The molecule has 0 aliphatic heterocycles. The van der Waals surface area contributed by atoms with Crippen molar-refractivity contribution in [2.24, 2.45) is 0 Å². The van der Waals surface area contributed by atoms with Crippen LogP contribution >= 0.6 is 0 Å². The van der Waals surface area contributed by atoms with Crippen molar-refractivity contribution in [2.45, 2.75) is 12.3 Å². The van der Waals surface area contributed by atoms with Crippen LogP contribution in [0.3, 0.4) is 0 Å². The lowest BCUT2D eigenvalue weighted by Crippen LogP contribution is -2.12. The Morgan fingerprint density at radius 3 is 2.33 bits per heavy atom. The maximum Gasteiger partial charge on any atom is 0.0471 e. The first-order valence-electron chi connectivity index (χ1n) is 9.56. The second kappa shape index (κ2) is 5.59. The third-order valence-electron chi connectivity index (χ3n) is 5.99. The van der Waals surface area contributed by atoms with Crippen LogP contribution in [-0.2, 0) is 6.42 Å². The molecule has 1 atom stereocenters. The molecule has 0 saturated carbocycles. The maximum atomic E-state index is 3.61. The Hall–Kier alpha value is -3.32. The van der Waals surface area contributed by atoms with Gasteiger partial charge < -0.3 is 4.98 Å². The van der Waals surface area contributed by atoms with Gasteiger partial charge in [0.2, 0.25) is 0 Å². The van der Waals surface area contributed by atoms with Crippen LogP contribution in [-0.4, -0.2) is 4.98 Å². The zero-order chi connectivity index (χ0) is 17.8. The summed E-state index contributed by atoms with van der Waals surface area (Å²) in [7, 11) is 0. The topological polar surface area (TPSA) is 15.8 Å². The largest absolute Gasteiger partial charge is 0.354 e. The molecule has 1 heteroatoms. The number of benzene rings is 4. The SMILES string of the molecule is c1ccc([C@@H]2Cc3ccccc3-c3cc4[nH]c5ccccc5c4cc32)cc1. The van der Waals surface area contributed by atoms with Crippen molar-refractivity contribution in [3.8, 4) is 11.1 Å². The van der Waals surface area contributed by atoms with Gasteiger partial charge in [-0.2, -0.15) is 0 Å². The van der Waals surface area contributed by atoms with Crippen LogP contribution in [0.25, 0.3) is 32.9 Å². The highest BCUT2D eigenvalue weighted by molar-refractivity contribution is 6.09. The van der Waals surface area contributed by atoms with Crippen LogP contribution in [0.5, 0.6) is 0 Å². The number of aromatic amines is 1. The van der Waals surface area contributed by atoms with E-state index in [0.717, 1.165) is 6.42 Å². The van der Waals surface area contributed by atoms with E-state index < -0.39 is 0 Å². The van der Waals surface area contributed by atoms with Gasteiger partial charge in [-0.25, -0.2) is 0 Å². The molecule has 1 aromatic heterocycles. The van der Waals surface area contributed by atoms with E-state index in [-0.39, 0.29) is 0 Å². The van der Waals surface area contributed by atoms with Crippen LogP contribution in [0.1, 0.15) is 22.6 Å². The molecule has 0 bridgehead atoms. The molecule has 0 saturated heterocycles. The summed E-state index contributed by atoms with van der Waals surface area (Å²) in [5.74, 6) is 0.397. The average Bonchev–Trinajstić information content (AvgIpc) is 3.10. The van der Waals surface area contributed by atoms with Crippen molar-refractivity contribution >= 4 is 21.8 Å². The van der Waals surface area contributed by atoms with Crippen LogP contribution in [0.4, 0.5) is 0 Å². The molecule has 0 radical (unpaired) electrons. The Balaban J connectivity index is 1.70. The third kappa shape index (κ3) is 2.18. The Labute approximate surface area is 158 Å². The molecule has 1 aliphatic carbocycles. The van der Waals surface area contributed by atoms with Gasteiger partial charge in [-0.3, -0.25) is 0 Å².